The van der Waals surface area contributed by atoms with E-state index < -0.39 is 29.3 Å². The number of aliphatic carboxylic acids is 2. The van der Waals surface area contributed by atoms with Gasteiger partial charge in [0.2, 0.25) is 0 Å². The van der Waals surface area contributed by atoms with Crippen LogP contribution >= 0.6 is 11.8 Å². The van der Waals surface area contributed by atoms with E-state index >= 15 is 0 Å². The number of carbonyl (C=O) groups is 2. The van der Waals surface area contributed by atoms with Crippen LogP contribution in [0.15, 0.2) is 24.3 Å². The minimum absolute atomic E-state index is 0.0240. The molecule has 0 aliphatic rings. The van der Waals surface area contributed by atoms with E-state index in [9.17, 15) is 14.7 Å². The molecular formula is C23H33NO5S. The highest BCUT2D eigenvalue weighted by Crippen LogP contribution is 2.21. The number of rotatable bonds is 14. The third kappa shape index (κ3) is 16.7. The molecule has 6 nitrogen and oxygen atoms in total. The van der Waals surface area contributed by atoms with Crippen molar-refractivity contribution in [1.82, 2.24) is 0 Å². The highest BCUT2D eigenvalue weighted by Gasteiger charge is 2.20. The molecule has 3 atom stereocenters. The molecule has 0 spiro atoms. The number of carboxylic acids is 2. The lowest BCUT2D eigenvalue weighted by molar-refractivity contribution is -0.138. The lowest BCUT2D eigenvalue weighted by Gasteiger charge is -2.20. The van der Waals surface area contributed by atoms with E-state index in [1.165, 1.54) is 24.6 Å². The standard InChI is InChI=1S/C23H33NO5S/c1-2-3-4-5-6-7-8-9-10-11-12-13-16-21(30-18-19(24)23(28)29)20(25)15-14-17-22(26)27/h11-13,16,19-21,25H,2-5,8,14-15,17-18,24H2,1H3,(H,26,27)(H,28,29)/t19?,20-,21+/m0/s1. The fraction of sp³-hybridized carbons (Fsp3) is 0.565. The Morgan fingerprint density at radius 1 is 1.10 bits per heavy atom. The molecule has 0 aliphatic carbocycles. The zero-order valence-electron chi connectivity index (χ0n) is 17.5. The van der Waals surface area contributed by atoms with Crippen molar-refractivity contribution in [1.29, 1.82) is 0 Å². The number of aliphatic hydroxyl groups excluding tert-OH is 1. The molecule has 0 aliphatic heterocycles. The van der Waals surface area contributed by atoms with Gasteiger partial charge in [0.1, 0.15) is 6.04 Å². The minimum atomic E-state index is -1.10. The predicted molar refractivity (Wildman–Crippen MR) is 122 cm³/mol. The largest absolute Gasteiger partial charge is 0.481 e. The summed E-state index contributed by atoms with van der Waals surface area (Å²) in [7, 11) is 0. The van der Waals surface area contributed by atoms with Gasteiger partial charge in [0.25, 0.3) is 0 Å². The fourth-order valence-electron chi connectivity index (χ4n) is 2.25. The minimum Gasteiger partial charge on any atom is -0.481 e. The Labute approximate surface area is 184 Å². The fourth-order valence-corrected chi connectivity index (χ4v) is 3.39. The summed E-state index contributed by atoms with van der Waals surface area (Å²) in [5.74, 6) is 10.1. The summed E-state index contributed by atoms with van der Waals surface area (Å²) in [5, 5.41) is 27.6. The second-order valence-electron chi connectivity index (χ2n) is 6.65. The molecule has 0 fully saturated rings. The van der Waals surface area contributed by atoms with E-state index in [0.717, 1.165) is 12.8 Å². The molecule has 0 aromatic rings. The highest BCUT2D eigenvalue weighted by molar-refractivity contribution is 8.00. The van der Waals surface area contributed by atoms with Crippen molar-refractivity contribution < 1.29 is 24.9 Å². The van der Waals surface area contributed by atoms with Gasteiger partial charge in [-0.3, -0.25) is 9.59 Å². The summed E-state index contributed by atoms with van der Waals surface area (Å²) >= 11 is 1.23. The van der Waals surface area contributed by atoms with Gasteiger partial charge < -0.3 is 21.1 Å². The lowest BCUT2D eigenvalue weighted by Crippen LogP contribution is -2.34. The summed E-state index contributed by atoms with van der Waals surface area (Å²) in [6.45, 7) is 2.16. The van der Waals surface area contributed by atoms with E-state index in [-0.39, 0.29) is 12.2 Å². The van der Waals surface area contributed by atoms with Gasteiger partial charge in [-0.1, -0.05) is 55.8 Å². The molecule has 5 N–H and O–H groups in total. The third-order valence-corrected chi connectivity index (χ3v) is 5.36. The van der Waals surface area contributed by atoms with Crippen LogP contribution in [0.3, 0.4) is 0 Å². The molecule has 0 saturated heterocycles. The molecule has 0 radical (unpaired) electrons. The van der Waals surface area contributed by atoms with Crippen LogP contribution in [0, 0.1) is 23.7 Å². The van der Waals surface area contributed by atoms with E-state index in [4.69, 9.17) is 15.9 Å². The Kier molecular flexibility index (Phi) is 17.4. The maximum Gasteiger partial charge on any atom is 0.321 e. The average molecular weight is 436 g/mol. The second-order valence-corrected chi connectivity index (χ2v) is 7.86. The van der Waals surface area contributed by atoms with Crippen LogP contribution in [0.1, 0.15) is 58.3 Å². The van der Waals surface area contributed by atoms with Crippen molar-refractivity contribution in [3.8, 4) is 23.7 Å². The number of thioether (sulfide) groups is 1. The maximum absolute atomic E-state index is 10.9. The molecular weight excluding hydrogens is 402 g/mol. The Bertz CT molecular complexity index is 681. The molecule has 7 heteroatoms. The summed E-state index contributed by atoms with van der Waals surface area (Å²) in [4.78, 5) is 21.5. The predicted octanol–water partition coefficient (Wildman–Crippen LogP) is 3.21. The number of hydrogen-bond donors (Lipinski definition) is 4. The first-order valence-corrected chi connectivity index (χ1v) is 11.2. The molecule has 0 heterocycles. The molecule has 0 rings (SSSR count). The Balaban J connectivity index is 4.59. The topological polar surface area (TPSA) is 121 Å². The smallest absolute Gasteiger partial charge is 0.321 e. The molecule has 0 aromatic carbocycles. The van der Waals surface area contributed by atoms with Crippen LogP contribution in [0.2, 0.25) is 0 Å². The number of hydrogen-bond acceptors (Lipinski definition) is 5. The lowest BCUT2D eigenvalue weighted by atomic mass is 10.1. The normalized spacial score (nSPS) is 13.8. The van der Waals surface area contributed by atoms with Crippen molar-refractivity contribution in [2.75, 3.05) is 5.75 Å². The van der Waals surface area contributed by atoms with Gasteiger partial charge in [0.15, 0.2) is 0 Å². The van der Waals surface area contributed by atoms with Gasteiger partial charge in [0, 0.05) is 23.8 Å². The van der Waals surface area contributed by atoms with Crippen molar-refractivity contribution in [3.05, 3.63) is 24.3 Å². The first-order valence-electron chi connectivity index (χ1n) is 10.2. The number of aliphatic hydroxyl groups is 1. The second kappa shape index (κ2) is 18.8. The Morgan fingerprint density at radius 3 is 2.53 bits per heavy atom. The summed E-state index contributed by atoms with van der Waals surface area (Å²) < 4.78 is 0. The van der Waals surface area contributed by atoms with Gasteiger partial charge in [0.05, 0.1) is 12.5 Å². The molecule has 0 aromatic heterocycles. The van der Waals surface area contributed by atoms with Gasteiger partial charge in [-0.2, -0.15) is 0 Å². The summed E-state index contributed by atoms with van der Waals surface area (Å²) in [6, 6.07) is -1.03. The quantitative estimate of drug-likeness (QED) is 0.188. The zero-order valence-corrected chi connectivity index (χ0v) is 18.4. The van der Waals surface area contributed by atoms with Crippen molar-refractivity contribution in [3.63, 3.8) is 0 Å². The van der Waals surface area contributed by atoms with Crippen LogP contribution in [0.25, 0.3) is 0 Å². The van der Waals surface area contributed by atoms with Crippen LogP contribution < -0.4 is 5.73 Å². The van der Waals surface area contributed by atoms with E-state index in [1.54, 1.807) is 24.3 Å². The van der Waals surface area contributed by atoms with E-state index in [2.05, 4.69) is 30.6 Å². The maximum atomic E-state index is 10.9. The molecule has 0 amide bonds. The molecule has 166 valence electrons. The number of allylic oxidation sites excluding steroid dienone is 3. The molecule has 30 heavy (non-hydrogen) atoms. The van der Waals surface area contributed by atoms with Gasteiger partial charge in [-0.05, 0) is 25.3 Å². The Hall–Kier alpha value is -2.19. The van der Waals surface area contributed by atoms with E-state index in [1.807, 2.05) is 0 Å². The van der Waals surface area contributed by atoms with Crippen molar-refractivity contribution in [2.24, 2.45) is 5.73 Å². The first kappa shape index (κ1) is 27.8. The van der Waals surface area contributed by atoms with Crippen LogP contribution in [0.5, 0.6) is 0 Å². The van der Waals surface area contributed by atoms with Crippen LogP contribution in [0.4, 0.5) is 0 Å². The molecule has 1 unspecified atom stereocenters. The molecule has 0 bridgehead atoms. The van der Waals surface area contributed by atoms with Gasteiger partial charge >= 0.3 is 11.9 Å². The van der Waals surface area contributed by atoms with Gasteiger partial charge in [-0.15, -0.1) is 17.7 Å². The van der Waals surface area contributed by atoms with Crippen molar-refractivity contribution >= 4 is 23.7 Å². The van der Waals surface area contributed by atoms with E-state index in [0.29, 0.717) is 19.3 Å². The van der Waals surface area contributed by atoms with Crippen molar-refractivity contribution in [2.45, 2.75) is 75.7 Å². The first-order chi connectivity index (χ1) is 14.4. The SMILES string of the molecule is CCCCCC#CCC#CC=CC=C[C@@H](SCC(N)C(=O)O)[C@@H](O)CCCC(=O)O. The van der Waals surface area contributed by atoms with Gasteiger partial charge in [-0.25, -0.2) is 0 Å². The number of unbranched alkanes of at least 4 members (excludes halogenated alkanes) is 3. The zero-order chi connectivity index (χ0) is 22.6. The van der Waals surface area contributed by atoms with Crippen LogP contribution in [-0.4, -0.2) is 50.4 Å². The number of nitrogens with two attached hydrogens (primary N) is 1. The average Bonchev–Trinajstić information content (AvgIpc) is 2.70. The summed E-state index contributed by atoms with van der Waals surface area (Å²) in [6.07, 6.45) is 11.7. The Morgan fingerprint density at radius 2 is 1.87 bits per heavy atom. The summed E-state index contributed by atoms with van der Waals surface area (Å²) in [5.41, 5.74) is 5.53. The monoisotopic (exact) mass is 435 g/mol. The van der Waals surface area contributed by atoms with Crippen LogP contribution in [-0.2, 0) is 9.59 Å². The molecule has 0 saturated carbocycles. The third-order valence-electron chi connectivity index (χ3n) is 3.96. The highest BCUT2D eigenvalue weighted by atomic mass is 32.2. The number of carboxylic acid groups (broad SMARTS) is 2.